The van der Waals surface area contributed by atoms with Crippen molar-refractivity contribution in [1.29, 1.82) is 0 Å². The van der Waals surface area contributed by atoms with Gasteiger partial charge in [0.15, 0.2) is 5.65 Å². The van der Waals surface area contributed by atoms with Gasteiger partial charge in [-0.15, -0.1) is 0 Å². The summed E-state index contributed by atoms with van der Waals surface area (Å²) >= 11 is 6.97. The number of fused-ring (bicyclic) bond motifs is 1. The number of pyridine rings is 2. The van der Waals surface area contributed by atoms with Crippen LogP contribution >= 0.6 is 11.6 Å². The first-order valence-corrected chi connectivity index (χ1v) is 20.8. The van der Waals surface area contributed by atoms with E-state index in [0.717, 1.165) is 22.3 Å². The number of rotatable bonds is 9. The van der Waals surface area contributed by atoms with Gasteiger partial charge in [-0.05, 0) is 66.3 Å². The molecule has 3 atom stereocenters. The molecule has 2 fully saturated rings. The normalized spacial score (nSPS) is 17.9. The van der Waals surface area contributed by atoms with Crippen molar-refractivity contribution in [2.75, 3.05) is 31.1 Å². The summed E-state index contributed by atoms with van der Waals surface area (Å²) in [5, 5.41) is 0.762. The lowest BCUT2D eigenvalue weighted by Gasteiger charge is -2.42. The third kappa shape index (κ3) is 6.64. The van der Waals surface area contributed by atoms with Gasteiger partial charge >= 0.3 is 5.69 Å². The fraction of sp³-hybridized carbons (Fsp3) is 0.245. The van der Waals surface area contributed by atoms with Gasteiger partial charge in [-0.1, -0.05) is 129 Å². The number of nitrogens with zero attached hydrogens (tertiary/aromatic N) is 7. The molecule has 2 aliphatic heterocycles. The maximum absolute atomic E-state index is 15.3. The Hall–Kier alpha value is -6.23. The summed E-state index contributed by atoms with van der Waals surface area (Å²) in [6, 6.07) is 40.6. The summed E-state index contributed by atoms with van der Waals surface area (Å²) in [7, 11) is 0. The van der Waals surface area contributed by atoms with Crippen LogP contribution in [0.5, 0.6) is 0 Å². The number of anilines is 1. The molecule has 9 nitrogen and oxygen atoms in total. The minimum Gasteiger partial charge on any atom is -0.350 e. The van der Waals surface area contributed by atoms with E-state index in [1.165, 1.54) is 10.6 Å². The highest BCUT2D eigenvalue weighted by Crippen LogP contribution is 2.49. The summed E-state index contributed by atoms with van der Waals surface area (Å²) in [6.45, 7) is 9.84. The van der Waals surface area contributed by atoms with E-state index < -0.39 is 17.0 Å². The van der Waals surface area contributed by atoms with Gasteiger partial charge in [0.25, 0.3) is 0 Å². The van der Waals surface area contributed by atoms with Crippen molar-refractivity contribution >= 4 is 34.4 Å². The van der Waals surface area contributed by atoms with Crippen molar-refractivity contribution in [1.82, 2.24) is 29.3 Å². The van der Waals surface area contributed by atoms with E-state index in [9.17, 15) is 9.59 Å². The topological polar surface area (TPSA) is 87.2 Å². The molecule has 5 heterocycles. The van der Waals surface area contributed by atoms with Gasteiger partial charge in [0.2, 0.25) is 5.91 Å². The van der Waals surface area contributed by atoms with E-state index >= 15 is 4.39 Å². The zero-order valence-electron chi connectivity index (χ0n) is 34.0. The lowest BCUT2D eigenvalue weighted by molar-refractivity contribution is -0.132. The van der Waals surface area contributed by atoms with Crippen molar-refractivity contribution in [2.45, 2.75) is 51.2 Å². The highest BCUT2D eigenvalue weighted by atomic mass is 35.5. The monoisotopic (exact) mass is 817 g/mol. The molecule has 60 heavy (non-hydrogen) atoms. The highest BCUT2D eigenvalue weighted by molar-refractivity contribution is 6.33. The number of carbonyl (C=O) groups excluding carboxylic acids is 1. The van der Waals surface area contributed by atoms with E-state index in [-0.39, 0.29) is 40.2 Å². The van der Waals surface area contributed by atoms with Crippen LogP contribution in [0.3, 0.4) is 0 Å². The lowest BCUT2D eigenvalue weighted by atomic mass is 9.76. The predicted octanol–water partition coefficient (Wildman–Crippen LogP) is 8.78. The Balaban J connectivity index is 1.08. The molecule has 0 radical (unpaired) electrons. The molecule has 7 aromatic rings. The fourth-order valence-corrected chi connectivity index (χ4v) is 9.35. The zero-order valence-corrected chi connectivity index (χ0v) is 34.7. The Kier molecular flexibility index (Phi) is 10.3. The third-order valence-corrected chi connectivity index (χ3v) is 12.3. The van der Waals surface area contributed by atoms with E-state index in [2.05, 4.69) is 87.6 Å². The van der Waals surface area contributed by atoms with Crippen molar-refractivity contribution in [3.05, 3.63) is 183 Å². The standard InChI is InChI=1S/C49H45ClFN7O2/c1-31(2)42-44(32(3)24-25-52-42)58-46-38(28-39(50)43(53-46)37-22-14-15-23-40(37)51)45(54-48(58)60)56-27-26-55(29-33(56)4)47(59)41-30-57(41)49(34-16-8-5-9-17-34,35-18-10-6-11-19-35)36-20-12-7-13-21-36/h5-25,28,31,33,41H,26-27,29-30H2,1-4H3/t33?,41?,57-/m1/s1. The first-order valence-electron chi connectivity index (χ1n) is 20.4. The number of benzene rings is 4. The van der Waals surface area contributed by atoms with Gasteiger partial charge in [-0.2, -0.15) is 4.98 Å². The van der Waals surface area contributed by atoms with E-state index in [0.29, 0.717) is 54.4 Å². The summed E-state index contributed by atoms with van der Waals surface area (Å²) in [4.78, 5) is 49.8. The molecular formula is C49H45ClFN7O2. The van der Waals surface area contributed by atoms with E-state index in [4.69, 9.17) is 21.6 Å². The van der Waals surface area contributed by atoms with Crippen molar-refractivity contribution in [2.24, 2.45) is 0 Å². The molecule has 0 spiro atoms. The first-order chi connectivity index (χ1) is 29.1. The molecule has 9 rings (SSSR count). The third-order valence-electron chi connectivity index (χ3n) is 12.0. The molecule has 0 saturated carbocycles. The number of hydrogen-bond acceptors (Lipinski definition) is 7. The van der Waals surface area contributed by atoms with Crippen LogP contribution in [-0.2, 0) is 10.3 Å². The first kappa shape index (κ1) is 39.2. The second-order valence-electron chi connectivity index (χ2n) is 16.0. The Bertz CT molecular complexity index is 2690. The molecule has 0 N–H and O–H groups in total. The van der Waals surface area contributed by atoms with Crippen LogP contribution < -0.4 is 10.6 Å². The van der Waals surface area contributed by atoms with Gasteiger partial charge in [0.05, 0.1) is 33.0 Å². The molecule has 2 aliphatic rings. The Labute approximate surface area is 353 Å². The van der Waals surface area contributed by atoms with Gasteiger partial charge in [0.1, 0.15) is 17.7 Å². The zero-order chi connectivity index (χ0) is 41.7. The average molecular weight is 818 g/mol. The van der Waals surface area contributed by atoms with Gasteiger partial charge < -0.3 is 9.80 Å². The van der Waals surface area contributed by atoms with E-state index in [1.54, 1.807) is 30.5 Å². The average Bonchev–Trinajstić information content (AvgIpc) is 4.06. The maximum atomic E-state index is 15.3. The highest BCUT2D eigenvalue weighted by Gasteiger charge is 2.57. The Morgan fingerprint density at radius 1 is 0.817 bits per heavy atom. The van der Waals surface area contributed by atoms with Crippen LogP contribution in [0.1, 0.15) is 54.6 Å². The van der Waals surface area contributed by atoms with Crippen LogP contribution in [0.2, 0.25) is 5.02 Å². The molecule has 2 saturated heterocycles. The fourth-order valence-electron chi connectivity index (χ4n) is 9.09. The van der Waals surface area contributed by atoms with E-state index in [1.807, 2.05) is 56.9 Å². The van der Waals surface area contributed by atoms with Crippen molar-refractivity contribution in [3.63, 3.8) is 0 Å². The molecule has 0 bridgehead atoms. The van der Waals surface area contributed by atoms with Crippen molar-refractivity contribution < 1.29 is 9.18 Å². The molecule has 302 valence electrons. The number of amides is 1. The lowest BCUT2D eigenvalue weighted by Crippen LogP contribution is -2.56. The summed E-state index contributed by atoms with van der Waals surface area (Å²) in [5.41, 5.74) is 4.92. The molecule has 1 amide bonds. The minimum absolute atomic E-state index is 0.0221. The van der Waals surface area contributed by atoms with Crippen LogP contribution in [-0.4, -0.2) is 73.5 Å². The summed E-state index contributed by atoms with van der Waals surface area (Å²) < 4.78 is 16.8. The molecule has 4 aromatic carbocycles. The Morgan fingerprint density at radius 3 is 2.00 bits per heavy atom. The number of piperazine rings is 1. The molecular weight excluding hydrogens is 773 g/mol. The quantitative estimate of drug-likeness (QED) is 0.106. The summed E-state index contributed by atoms with van der Waals surface area (Å²) in [5.74, 6) is -0.0233. The van der Waals surface area contributed by atoms with Crippen LogP contribution in [0.25, 0.3) is 28.0 Å². The van der Waals surface area contributed by atoms with Crippen LogP contribution in [0.15, 0.2) is 138 Å². The largest absolute Gasteiger partial charge is 0.355 e. The van der Waals surface area contributed by atoms with Crippen LogP contribution in [0, 0.1) is 12.7 Å². The molecule has 11 heteroatoms. The number of hydrogen-bond donors (Lipinski definition) is 0. The second-order valence-corrected chi connectivity index (χ2v) is 16.5. The van der Waals surface area contributed by atoms with Gasteiger partial charge in [-0.25, -0.2) is 18.7 Å². The van der Waals surface area contributed by atoms with Gasteiger partial charge in [-0.3, -0.25) is 14.7 Å². The number of halogens is 2. The number of aryl methyl sites for hydroxylation is 1. The second kappa shape index (κ2) is 15.7. The molecule has 0 aliphatic carbocycles. The smallest absolute Gasteiger partial charge is 0.350 e. The number of carbonyl (C=O) groups is 1. The number of aromatic nitrogens is 4. The SMILES string of the molecule is Cc1ccnc(C(C)C)c1-n1c(=O)nc(N2CCN(C(=O)C3C[N@@]3C(c3ccccc3)(c3ccccc3)c3ccccc3)CC2C)c2cc(Cl)c(-c3ccccc3F)nc21. The summed E-state index contributed by atoms with van der Waals surface area (Å²) in [6.07, 6.45) is 1.73. The predicted molar refractivity (Wildman–Crippen MR) is 235 cm³/mol. The maximum Gasteiger partial charge on any atom is 0.355 e. The van der Waals surface area contributed by atoms with Gasteiger partial charge in [0, 0.05) is 44.0 Å². The van der Waals surface area contributed by atoms with Crippen LogP contribution in [0.4, 0.5) is 10.2 Å². The molecule has 3 aromatic heterocycles. The van der Waals surface area contributed by atoms with Crippen molar-refractivity contribution in [3.8, 4) is 16.9 Å². The minimum atomic E-state index is -0.680. The Morgan fingerprint density at radius 2 is 1.42 bits per heavy atom. The molecule has 2 unspecified atom stereocenters.